The van der Waals surface area contributed by atoms with Crippen molar-refractivity contribution < 1.29 is 33.2 Å². The molecule has 2 amide bonds. The standard InChI is InChI=1S/C20H21N3O8/c1-12(19(25)21-16-9-14(23(27)28)5-6-17(16)29-2)31-20(26)13-8-18(24)22(10-13)11-15-4-3-7-30-15/h3-7,9,12-13H,8,10-11H2,1-2H3,(H,21,25)/t12-,13-/m0/s1. The van der Waals surface area contributed by atoms with Gasteiger partial charge in [-0.05, 0) is 25.1 Å². The predicted molar refractivity (Wildman–Crippen MR) is 106 cm³/mol. The molecule has 0 aliphatic carbocycles. The van der Waals surface area contributed by atoms with E-state index >= 15 is 0 Å². The van der Waals surface area contributed by atoms with Crippen LogP contribution in [0.25, 0.3) is 0 Å². The molecule has 2 aromatic rings. The molecule has 1 aliphatic heterocycles. The van der Waals surface area contributed by atoms with Gasteiger partial charge in [0.2, 0.25) is 5.91 Å². The molecule has 1 aliphatic rings. The molecule has 3 rings (SSSR count). The highest BCUT2D eigenvalue weighted by Crippen LogP contribution is 2.29. The number of methoxy groups -OCH3 is 1. The zero-order chi connectivity index (χ0) is 22.5. The van der Waals surface area contributed by atoms with Gasteiger partial charge in [0, 0.05) is 25.1 Å². The molecule has 0 spiro atoms. The fraction of sp³-hybridized carbons (Fsp3) is 0.350. The van der Waals surface area contributed by atoms with Crippen LogP contribution < -0.4 is 10.1 Å². The largest absolute Gasteiger partial charge is 0.495 e. The lowest BCUT2D eigenvalue weighted by Gasteiger charge is -2.17. The van der Waals surface area contributed by atoms with Crippen LogP contribution in [-0.2, 0) is 25.7 Å². The summed E-state index contributed by atoms with van der Waals surface area (Å²) in [6.45, 7) is 1.78. The average molecular weight is 431 g/mol. The van der Waals surface area contributed by atoms with E-state index in [0.717, 1.165) is 6.07 Å². The Hall–Kier alpha value is -3.89. The Morgan fingerprint density at radius 1 is 1.39 bits per heavy atom. The van der Waals surface area contributed by atoms with E-state index in [-0.39, 0.29) is 42.5 Å². The zero-order valence-corrected chi connectivity index (χ0v) is 16.9. The van der Waals surface area contributed by atoms with Gasteiger partial charge in [0.1, 0.15) is 11.5 Å². The molecule has 1 aromatic heterocycles. The number of ether oxygens (including phenoxy) is 2. The van der Waals surface area contributed by atoms with Crippen molar-refractivity contribution in [3.63, 3.8) is 0 Å². The highest BCUT2D eigenvalue weighted by Gasteiger charge is 2.37. The number of non-ortho nitro benzene ring substituents is 1. The molecule has 0 unspecified atom stereocenters. The Labute approximate surface area is 177 Å². The second kappa shape index (κ2) is 9.28. The Morgan fingerprint density at radius 2 is 2.16 bits per heavy atom. The number of carbonyl (C=O) groups is 3. The maximum Gasteiger partial charge on any atom is 0.312 e. The molecule has 164 valence electrons. The van der Waals surface area contributed by atoms with Gasteiger partial charge in [-0.3, -0.25) is 24.5 Å². The Kier molecular flexibility index (Phi) is 6.53. The summed E-state index contributed by atoms with van der Waals surface area (Å²) < 4.78 is 15.5. The third-order valence-corrected chi connectivity index (χ3v) is 4.79. The van der Waals surface area contributed by atoms with Crippen LogP contribution in [0.1, 0.15) is 19.1 Å². The van der Waals surface area contributed by atoms with E-state index in [1.54, 1.807) is 12.1 Å². The summed E-state index contributed by atoms with van der Waals surface area (Å²) in [7, 11) is 1.35. The Bertz CT molecular complexity index is 988. The Morgan fingerprint density at radius 3 is 2.81 bits per heavy atom. The van der Waals surface area contributed by atoms with Gasteiger partial charge in [0.25, 0.3) is 11.6 Å². The molecule has 11 nitrogen and oxygen atoms in total. The van der Waals surface area contributed by atoms with E-state index < -0.39 is 28.8 Å². The fourth-order valence-electron chi connectivity index (χ4n) is 3.14. The number of esters is 1. The number of hydrogen-bond acceptors (Lipinski definition) is 8. The molecule has 1 saturated heterocycles. The van der Waals surface area contributed by atoms with Gasteiger partial charge in [-0.1, -0.05) is 0 Å². The number of likely N-dealkylation sites (tertiary alicyclic amines) is 1. The maximum absolute atomic E-state index is 12.5. The number of furan rings is 1. The molecule has 0 bridgehead atoms. The molecule has 1 N–H and O–H groups in total. The van der Waals surface area contributed by atoms with Crippen LogP contribution in [-0.4, -0.2) is 47.4 Å². The second-order valence-corrected chi connectivity index (χ2v) is 6.96. The van der Waals surface area contributed by atoms with E-state index in [4.69, 9.17) is 13.9 Å². The first-order valence-corrected chi connectivity index (χ1v) is 9.42. The van der Waals surface area contributed by atoms with Gasteiger partial charge in [-0.25, -0.2) is 0 Å². The monoisotopic (exact) mass is 431 g/mol. The van der Waals surface area contributed by atoms with Crippen molar-refractivity contribution in [2.75, 3.05) is 19.0 Å². The number of benzene rings is 1. The minimum atomic E-state index is -1.19. The summed E-state index contributed by atoms with van der Waals surface area (Å²) in [6.07, 6.45) is 0.288. The molecule has 1 fully saturated rings. The summed E-state index contributed by atoms with van der Waals surface area (Å²) in [4.78, 5) is 48.9. The average Bonchev–Trinajstić information content (AvgIpc) is 3.38. The fourth-order valence-corrected chi connectivity index (χ4v) is 3.14. The molecule has 1 aromatic carbocycles. The quantitative estimate of drug-likeness (QED) is 0.381. The highest BCUT2D eigenvalue weighted by atomic mass is 16.6. The van der Waals surface area contributed by atoms with Crippen molar-refractivity contribution in [2.45, 2.75) is 26.0 Å². The lowest BCUT2D eigenvalue weighted by atomic mass is 10.1. The van der Waals surface area contributed by atoms with Crippen LogP contribution in [0.5, 0.6) is 5.75 Å². The maximum atomic E-state index is 12.5. The van der Waals surface area contributed by atoms with Gasteiger partial charge in [0.05, 0.1) is 36.4 Å². The minimum absolute atomic E-state index is 0.0212. The van der Waals surface area contributed by atoms with Crippen molar-refractivity contribution in [1.29, 1.82) is 0 Å². The number of anilines is 1. The highest BCUT2D eigenvalue weighted by molar-refractivity contribution is 5.97. The van der Waals surface area contributed by atoms with Crippen LogP contribution in [0.3, 0.4) is 0 Å². The summed E-state index contributed by atoms with van der Waals surface area (Å²) in [5.41, 5.74) is -0.160. The van der Waals surface area contributed by atoms with E-state index in [2.05, 4.69) is 5.32 Å². The summed E-state index contributed by atoms with van der Waals surface area (Å²) >= 11 is 0. The third kappa shape index (κ3) is 5.18. The number of hydrogen-bond donors (Lipinski definition) is 1. The number of rotatable bonds is 8. The first kappa shape index (κ1) is 21.8. The summed E-state index contributed by atoms with van der Waals surface area (Å²) in [5.74, 6) is -1.47. The SMILES string of the molecule is COc1ccc([N+](=O)[O-])cc1NC(=O)[C@H](C)OC(=O)[C@H]1CC(=O)N(Cc2ccco2)C1. The normalized spacial score (nSPS) is 16.6. The first-order chi connectivity index (χ1) is 14.8. The Balaban J connectivity index is 1.58. The summed E-state index contributed by atoms with van der Waals surface area (Å²) in [5, 5.41) is 13.4. The number of nitro benzene ring substituents is 1. The lowest BCUT2D eigenvalue weighted by Crippen LogP contribution is -2.33. The molecular weight excluding hydrogens is 410 g/mol. The molecule has 0 saturated carbocycles. The second-order valence-electron chi connectivity index (χ2n) is 6.96. The topological polar surface area (TPSA) is 141 Å². The molecule has 2 atom stereocenters. The number of nitrogens with one attached hydrogen (secondary N) is 1. The van der Waals surface area contributed by atoms with Crippen LogP contribution in [0, 0.1) is 16.0 Å². The van der Waals surface area contributed by atoms with Gasteiger partial charge < -0.3 is 24.1 Å². The van der Waals surface area contributed by atoms with E-state index in [1.807, 2.05) is 0 Å². The third-order valence-electron chi connectivity index (χ3n) is 4.79. The van der Waals surface area contributed by atoms with Gasteiger partial charge in [-0.15, -0.1) is 0 Å². The van der Waals surface area contributed by atoms with Gasteiger partial charge in [0.15, 0.2) is 6.10 Å². The number of carbonyl (C=O) groups excluding carboxylic acids is 3. The number of nitrogens with zero attached hydrogens (tertiary/aromatic N) is 2. The number of amides is 2. The zero-order valence-electron chi connectivity index (χ0n) is 16.9. The van der Waals surface area contributed by atoms with E-state index in [1.165, 1.54) is 37.3 Å². The van der Waals surface area contributed by atoms with Crippen molar-refractivity contribution >= 4 is 29.2 Å². The van der Waals surface area contributed by atoms with Crippen LogP contribution >= 0.6 is 0 Å². The minimum Gasteiger partial charge on any atom is -0.495 e. The number of nitro groups is 1. The first-order valence-electron chi connectivity index (χ1n) is 9.42. The molecule has 0 radical (unpaired) electrons. The van der Waals surface area contributed by atoms with Crippen molar-refractivity contribution in [3.8, 4) is 5.75 Å². The van der Waals surface area contributed by atoms with Crippen LogP contribution in [0.15, 0.2) is 41.0 Å². The lowest BCUT2D eigenvalue weighted by molar-refractivity contribution is -0.384. The predicted octanol–water partition coefficient (Wildman–Crippen LogP) is 2.12. The molecule has 31 heavy (non-hydrogen) atoms. The molecule has 2 heterocycles. The van der Waals surface area contributed by atoms with Crippen LogP contribution in [0.2, 0.25) is 0 Å². The van der Waals surface area contributed by atoms with E-state index in [0.29, 0.717) is 5.76 Å². The van der Waals surface area contributed by atoms with Crippen LogP contribution in [0.4, 0.5) is 11.4 Å². The van der Waals surface area contributed by atoms with Crippen molar-refractivity contribution in [1.82, 2.24) is 4.90 Å². The molecular formula is C20H21N3O8. The van der Waals surface area contributed by atoms with Crippen molar-refractivity contribution in [2.24, 2.45) is 5.92 Å². The van der Waals surface area contributed by atoms with Gasteiger partial charge >= 0.3 is 5.97 Å². The smallest absolute Gasteiger partial charge is 0.312 e. The molecule has 11 heteroatoms. The summed E-state index contributed by atoms with van der Waals surface area (Å²) in [6, 6.07) is 7.17. The van der Waals surface area contributed by atoms with Crippen molar-refractivity contribution in [3.05, 3.63) is 52.5 Å². The van der Waals surface area contributed by atoms with E-state index in [9.17, 15) is 24.5 Å². The van der Waals surface area contributed by atoms with Gasteiger partial charge in [-0.2, -0.15) is 0 Å².